The summed E-state index contributed by atoms with van der Waals surface area (Å²) in [7, 11) is 0. The van der Waals surface area contributed by atoms with Crippen molar-refractivity contribution in [3.05, 3.63) is 12.2 Å². The molecule has 1 heterocycles. The molecular formula is C42H81NO10. The van der Waals surface area contributed by atoms with Crippen LogP contribution in [-0.4, -0.2) is 110 Å². The zero-order valence-corrected chi connectivity index (χ0v) is 33.5. The first-order valence-electron chi connectivity index (χ1n) is 21.6. The summed E-state index contributed by atoms with van der Waals surface area (Å²) in [6.07, 6.45) is 21.4. The normalized spacial score (nSPS) is 22.9. The fourth-order valence-corrected chi connectivity index (χ4v) is 6.90. The number of amides is 1. The number of carbonyl (C=O) groups is 1. The highest BCUT2D eigenvalue weighted by atomic mass is 16.7. The van der Waals surface area contributed by atoms with E-state index >= 15 is 0 Å². The topological polar surface area (TPSA) is 189 Å². The van der Waals surface area contributed by atoms with Crippen molar-refractivity contribution < 1.29 is 50.0 Å². The summed E-state index contributed by atoms with van der Waals surface area (Å²) in [5.41, 5.74) is 0. The third-order valence-corrected chi connectivity index (χ3v) is 10.6. The van der Waals surface area contributed by atoms with Crippen LogP contribution in [0.4, 0.5) is 0 Å². The number of allylic oxidation sites excluding steroid dienone is 2. The van der Waals surface area contributed by atoms with Gasteiger partial charge in [0.25, 0.3) is 0 Å². The second-order valence-electron chi connectivity index (χ2n) is 15.4. The number of hydrogen-bond acceptors (Lipinski definition) is 10. The number of hydrogen-bond donors (Lipinski definition) is 8. The molecule has 9 unspecified atom stereocenters. The van der Waals surface area contributed by atoms with Crippen molar-refractivity contribution >= 4 is 5.91 Å². The average Bonchev–Trinajstić information content (AvgIpc) is 3.16. The molecule has 1 saturated heterocycles. The first-order valence-corrected chi connectivity index (χ1v) is 21.6. The maximum atomic E-state index is 13.0. The second kappa shape index (κ2) is 33.0. The molecule has 1 aliphatic rings. The van der Waals surface area contributed by atoms with Crippen LogP contribution in [0.5, 0.6) is 0 Å². The molecule has 0 radical (unpaired) electrons. The summed E-state index contributed by atoms with van der Waals surface area (Å²) in [6.45, 7) is 3.38. The van der Waals surface area contributed by atoms with Gasteiger partial charge in [-0.15, -0.1) is 0 Å². The van der Waals surface area contributed by atoms with E-state index < -0.39 is 74.2 Å². The Morgan fingerprint density at radius 2 is 1.09 bits per heavy atom. The summed E-state index contributed by atoms with van der Waals surface area (Å²) in [6, 6.07) is -1.16. The first kappa shape index (κ1) is 49.9. The number of aliphatic hydroxyl groups excluding tert-OH is 7. The highest BCUT2D eigenvalue weighted by Crippen LogP contribution is 2.23. The largest absolute Gasteiger partial charge is 0.394 e. The smallest absolute Gasteiger partial charge is 0.249 e. The summed E-state index contributed by atoms with van der Waals surface area (Å²) < 4.78 is 11.0. The number of unbranched alkanes of at least 4 members (excludes halogenated alkanes) is 21. The van der Waals surface area contributed by atoms with Crippen molar-refractivity contribution in [2.45, 2.75) is 236 Å². The Morgan fingerprint density at radius 1 is 0.642 bits per heavy atom. The molecule has 0 bridgehead atoms. The molecule has 53 heavy (non-hydrogen) atoms. The third kappa shape index (κ3) is 23.5. The maximum absolute atomic E-state index is 13.0. The van der Waals surface area contributed by atoms with Crippen LogP contribution in [-0.2, 0) is 14.3 Å². The molecule has 11 nitrogen and oxygen atoms in total. The molecule has 1 aliphatic heterocycles. The molecule has 9 atom stereocenters. The molecule has 1 amide bonds. The van der Waals surface area contributed by atoms with Crippen LogP contribution in [0.2, 0.25) is 0 Å². The quantitative estimate of drug-likeness (QED) is 0.0277. The minimum Gasteiger partial charge on any atom is -0.394 e. The molecule has 8 N–H and O–H groups in total. The van der Waals surface area contributed by atoms with Gasteiger partial charge in [0.2, 0.25) is 5.91 Å². The van der Waals surface area contributed by atoms with E-state index in [0.717, 1.165) is 51.4 Å². The Morgan fingerprint density at radius 3 is 1.58 bits per heavy atom. The van der Waals surface area contributed by atoms with Crippen molar-refractivity contribution in [3.63, 3.8) is 0 Å². The van der Waals surface area contributed by atoms with Crippen molar-refractivity contribution in [3.8, 4) is 0 Å². The fraction of sp³-hybridized carbons (Fsp3) is 0.929. The van der Waals surface area contributed by atoms with E-state index in [9.17, 15) is 40.5 Å². The lowest BCUT2D eigenvalue weighted by atomic mass is 9.98. The van der Waals surface area contributed by atoms with Gasteiger partial charge in [-0.3, -0.25) is 4.79 Å². The number of rotatable bonds is 35. The molecule has 314 valence electrons. The highest BCUT2D eigenvalue weighted by molar-refractivity contribution is 5.80. The van der Waals surface area contributed by atoms with Crippen LogP contribution in [0.25, 0.3) is 0 Å². The number of carbonyl (C=O) groups excluding carboxylic acids is 1. The Balaban J connectivity index is 2.44. The lowest BCUT2D eigenvalue weighted by Gasteiger charge is -2.40. The average molecular weight is 760 g/mol. The van der Waals surface area contributed by atoms with E-state index in [1.165, 1.54) is 89.9 Å². The molecular weight excluding hydrogens is 678 g/mol. The standard InChI is InChI=1S/C42H81NO10/c1-3-5-7-9-11-13-14-15-16-17-18-19-20-21-22-24-26-28-30-35(46)41(51)43-33(32-52-42-40(50)39(49)38(48)36(31-44)53-42)37(47)34(45)29-27-25-23-12-10-8-6-4-2/h17-18,33-40,42,44-50H,3-16,19-32H2,1-2H3,(H,43,51)/b18-17-. The molecule has 0 aliphatic carbocycles. The molecule has 1 rings (SSSR count). The Bertz CT molecular complexity index is 877. The second-order valence-corrected chi connectivity index (χ2v) is 15.4. The number of aliphatic hydroxyl groups is 7. The van der Waals surface area contributed by atoms with Crippen LogP contribution >= 0.6 is 0 Å². The van der Waals surface area contributed by atoms with Crippen LogP contribution in [0.15, 0.2) is 12.2 Å². The number of nitrogens with one attached hydrogen (secondary N) is 1. The van der Waals surface area contributed by atoms with Crippen molar-refractivity contribution in [2.24, 2.45) is 0 Å². The Hall–Kier alpha value is -1.15. The van der Waals surface area contributed by atoms with Crippen molar-refractivity contribution in [1.29, 1.82) is 0 Å². The minimum atomic E-state index is -1.66. The molecule has 0 spiro atoms. The zero-order chi connectivity index (χ0) is 39.1. The van der Waals surface area contributed by atoms with Crippen LogP contribution < -0.4 is 5.32 Å². The molecule has 0 aromatic rings. The predicted molar refractivity (Wildman–Crippen MR) is 210 cm³/mol. The van der Waals surface area contributed by atoms with Gasteiger partial charge in [-0.2, -0.15) is 0 Å². The van der Waals surface area contributed by atoms with Gasteiger partial charge in [0.15, 0.2) is 6.29 Å². The molecule has 0 saturated carbocycles. The van der Waals surface area contributed by atoms with Gasteiger partial charge in [0.05, 0.1) is 25.4 Å². The molecule has 11 heteroatoms. The third-order valence-electron chi connectivity index (χ3n) is 10.6. The Labute approximate surface area is 322 Å². The number of ether oxygens (including phenoxy) is 2. The molecule has 0 aromatic heterocycles. The zero-order valence-electron chi connectivity index (χ0n) is 33.5. The SMILES string of the molecule is CCCCCCCCCC/C=C\CCCCCCCCC(O)C(=O)NC(COC1OC(CO)C(O)C(O)C1O)C(O)C(O)CCCCCCCCCC. The summed E-state index contributed by atoms with van der Waals surface area (Å²) in [4.78, 5) is 13.0. The first-order chi connectivity index (χ1) is 25.7. The monoisotopic (exact) mass is 760 g/mol. The molecule has 0 aromatic carbocycles. The van der Waals surface area contributed by atoms with Gasteiger partial charge in [-0.05, 0) is 38.5 Å². The summed E-state index contributed by atoms with van der Waals surface area (Å²) >= 11 is 0. The van der Waals surface area contributed by atoms with Crippen molar-refractivity contribution in [1.82, 2.24) is 5.32 Å². The lowest BCUT2D eigenvalue weighted by molar-refractivity contribution is -0.303. The van der Waals surface area contributed by atoms with Gasteiger partial charge in [0, 0.05) is 0 Å². The van der Waals surface area contributed by atoms with Gasteiger partial charge in [0.1, 0.15) is 36.6 Å². The van der Waals surface area contributed by atoms with Gasteiger partial charge in [-0.1, -0.05) is 154 Å². The maximum Gasteiger partial charge on any atom is 0.249 e. The van der Waals surface area contributed by atoms with Crippen molar-refractivity contribution in [2.75, 3.05) is 13.2 Å². The van der Waals surface area contributed by atoms with E-state index in [1.54, 1.807) is 0 Å². The van der Waals surface area contributed by atoms with E-state index in [0.29, 0.717) is 19.3 Å². The van der Waals surface area contributed by atoms with Crippen LogP contribution in [0, 0.1) is 0 Å². The fourth-order valence-electron chi connectivity index (χ4n) is 6.90. The molecule has 1 fully saturated rings. The van der Waals surface area contributed by atoms with Gasteiger partial charge < -0.3 is 50.5 Å². The minimum absolute atomic E-state index is 0.254. The Kier molecular flexibility index (Phi) is 31.1. The lowest BCUT2D eigenvalue weighted by Crippen LogP contribution is -2.60. The van der Waals surface area contributed by atoms with E-state index in [1.807, 2.05) is 0 Å². The predicted octanol–water partition coefficient (Wildman–Crippen LogP) is 6.11. The summed E-state index contributed by atoms with van der Waals surface area (Å²) in [5, 5.41) is 75.2. The van der Waals surface area contributed by atoms with E-state index in [2.05, 4.69) is 31.3 Å². The van der Waals surface area contributed by atoms with Gasteiger partial charge in [-0.25, -0.2) is 0 Å². The van der Waals surface area contributed by atoms with Crippen LogP contribution in [0.3, 0.4) is 0 Å². The van der Waals surface area contributed by atoms with Crippen LogP contribution in [0.1, 0.15) is 181 Å². The van der Waals surface area contributed by atoms with E-state index in [-0.39, 0.29) is 6.42 Å². The highest BCUT2D eigenvalue weighted by Gasteiger charge is 2.44. The summed E-state index contributed by atoms with van der Waals surface area (Å²) in [5.74, 6) is -0.704. The van der Waals surface area contributed by atoms with Gasteiger partial charge >= 0.3 is 0 Å². The van der Waals surface area contributed by atoms with E-state index in [4.69, 9.17) is 9.47 Å².